The Balaban J connectivity index is 2.12. The topological polar surface area (TPSA) is 59.5 Å². The molecule has 0 fully saturated rings. The maximum Gasteiger partial charge on any atom is 0.266 e. The summed E-state index contributed by atoms with van der Waals surface area (Å²) in [6, 6.07) is 16.8. The molecule has 0 saturated carbocycles. The maximum absolute atomic E-state index is 13.2. The van der Waals surface area contributed by atoms with E-state index in [0.717, 1.165) is 16.9 Å². The van der Waals surface area contributed by atoms with Crippen LogP contribution in [-0.4, -0.2) is 5.91 Å². The largest absolute Gasteiger partial charge is 0.469 e. The highest BCUT2D eigenvalue weighted by molar-refractivity contribution is 6.12. The highest BCUT2D eigenvalue weighted by Gasteiger charge is 2.24. The summed E-state index contributed by atoms with van der Waals surface area (Å²) in [6.07, 6.45) is 1.61. The van der Waals surface area contributed by atoms with Gasteiger partial charge in [-0.25, -0.2) is 0 Å². The van der Waals surface area contributed by atoms with Gasteiger partial charge < -0.3 is 10.2 Å². The molecule has 3 aromatic rings. The summed E-state index contributed by atoms with van der Waals surface area (Å²) in [5.41, 5.74) is 9.39. The first-order valence-electron chi connectivity index (χ1n) is 7.37. The minimum absolute atomic E-state index is 0.121. The van der Waals surface area contributed by atoms with E-state index in [1.54, 1.807) is 30.2 Å². The van der Waals surface area contributed by atoms with Crippen molar-refractivity contribution in [3.05, 3.63) is 77.7 Å². The average Bonchev–Trinajstić information content (AvgIpc) is 2.89. The first kappa shape index (κ1) is 14.9. The number of hydrogen-bond donors (Lipinski definition) is 1. The van der Waals surface area contributed by atoms with Crippen LogP contribution in [0.1, 0.15) is 21.7 Å². The van der Waals surface area contributed by atoms with Gasteiger partial charge in [-0.2, -0.15) is 0 Å². The zero-order valence-electron chi connectivity index (χ0n) is 13.1. The Hall–Kier alpha value is -3.01. The predicted octanol–water partition coefficient (Wildman–Crippen LogP) is 4.46. The number of carbonyl (C=O) groups is 1. The van der Waals surface area contributed by atoms with Crippen molar-refractivity contribution >= 4 is 23.0 Å². The van der Waals surface area contributed by atoms with E-state index >= 15 is 0 Å². The minimum atomic E-state index is -0.121. The molecule has 1 heterocycles. The quantitative estimate of drug-likeness (QED) is 0.727. The number of aryl methyl sites for hydroxylation is 2. The molecule has 2 aromatic carbocycles. The van der Waals surface area contributed by atoms with Gasteiger partial charge in [0.2, 0.25) is 0 Å². The number of rotatable bonds is 3. The van der Waals surface area contributed by atoms with Gasteiger partial charge in [-0.05, 0) is 50.2 Å². The van der Waals surface area contributed by atoms with Crippen molar-refractivity contribution in [3.8, 4) is 0 Å². The van der Waals surface area contributed by atoms with E-state index in [1.807, 2.05) is 49.4 Å². The van der Waals surface area contributed by atoms with Crippen LogP contribution in [0.15, 0.2) is 65.3 Å². The number of para-hydroxylation sites is 1. The molecule has 4 nitrogen and oxygen atoms in total. The lowest BCUT2D eigenvalue weighted by Gasteiger charge is -2.23. The molecule has 0 radical (unpaired) electrons. The van der Waals surface area contributed by atoms with E-state index < -0.39 is 0 Å². The van der Waals surface area contributed by atoms with Gasteiger partial charge in [0, 0.05) is 22.6 Å². The van der Waals surface area contributed by atoms with Crippen LogP contribution in [0.4, 0.5) is 17.1 Å². The molecule has 23 heavy (non-hydrogen) atoms. The highest BCUT2D eigenvalue weighted by Crippen LogP contribution is 2.30. The molecule has 0 saturated heterocycles. The number of benzene rings is 2. The van der Waals surface area contributed by atoms with Crippen LogP contribution in [0.2, 0.25) is 0 Å². The van der Waals surface area contributed by atoms with Crippen molar-refractivity contribution in [2.45, 2.75) is 13.8 Å². The van der Waals surface area contributed by atoms with Crippen LogP contribution >= 0.6 is 0 Å². The van der Waals surface area contributed by atoms with E-state index in [4.69, 9.17) is 10.2 Å². The zero-order valence-corrected chi connectivity index (χ0v) is 13.1. The Morgan fingerprint density at radius 3 is 2.13 bits per heavy atom. The molecular formula is C19H18N2O2. The molecule has 0 spiro atoms. The van der Waals surface area contributed by atoms with Crippen molar-refractivity contribution in [3.63, 3.8) is 0 Å². The molecule has 1 amide bonds. The Bertz CT molecular complexity index is 801. The first-order chi connectivity index (χ1) is 11.1. The second kappa shape index (κ2) is 6.01. The van der Waals surface area contributed by atoms with Crippen molar-refractivity contribution in [2.24, 2.45) is 0 Å². The van der Waals surface area contributed by atoms with E-state index in [0.29, 0.717) is 17.0 Å². The first-order valence-corrected chi connectivity index (χ1v) is 7.37. The molecule has 3 rings (SSSR count). The minimum Gasteiger partial charge on any atom is -0.469 e. The average molecular weight is 306 g/mol. The summed E-state index contributed by atoms with van der Waals surface area (Å²) in [5.74, 6) is 0.494. The number of nitrogen functional groups attached to an aromatic ring is 1. The number of nitrogens with zero attached hydrogens (tertiary/aromatic N) is 1. The summed E-state index contributed by atoms with van der Waals surface area (Å²) in [6.45, 7) is 3.67. The Labute approximate surface area is 135 Å². The van der Waals surface area contributed by atoms with Gasteiger partial charge in [0.15, 0.2) is 0 Å². The van der Waals surface area contributed by atoms with Crippen LogP contribution in [0.3, 0.4) is 0 Å². The van der Waals surface area contributed by atoms with Gasteiger partial charge in [0.25, 0.3) is 5.91 Å². The number of furan rings is 1. The fourth-order valence-corrected chi connectivity index (χ4v) is 2.59. The summed E-state index contributed by atoms with van der Waals surface area (Å²) in [4.78, 5) is 14.8. The predicted molar refractivity (Wildman–Crippen MR) is 91.9 cm³/mol. The summed E-state index contributed by atoms with van der Waals surface area (Å²) < 4.78 is 5.39. The molecular weight excluding hydrogens is 288 g/mol. The zero-order chi connectivity index (χ0) is 16.4. The van der Waals surface area contributed by atoms with Crippen molar-refractivity contribution in [2.75, 3.05) is 10.6 Å². The molecule has 0 aliphatic carbocycles. The van der Waals surface area contributed by atoms with Crippen LogP contribution in [-0.2, 0) is 0 Å². The smallest absolute Gasteiger partial charge is 0.266 e. The Morgan fingerprint density at radius 2 is 1.57 bits per heavy atom. The molecule has 1 aromatic heterocycles. The molecule has 0 aliphatic heterocycles. The van der Waals surface area contributed by atoms with E-state index in [9.17, 15) is 4.79 Å². The van der Waals surface area contributed by atoms with Crippen molar-refractivity contribution in [1.82, 2.24) is 0 Å². The van der Waals surface area contributed by atoms with E-state index in [1.165, 1.54) is 0 Å². The SMILES string of the molecule is Cc1coc(C)c1C(=O)N(c1ccccc1)c1ccc(N)cc1. The summed E-state index contributed by atoms with van der Waals surface area (Å²) in [5, 5.41) is 0. The highest BCUT2D eigenvalue weighted by atomic mass is 16.3. The molecule has 0 aliphatic rings. The Morgan fingerprint density at radius 1 is 0.957 bits per heavy atom. The standard InChI is InChI=1S/C19H18N2O2/c1-13-12-23-14(2)18(13)19(22)21(16-6-4-3-5-7-16)17-10-8-15(20)9-11-17/h3-12H,20H2,1-2H3. The number of carbonyl (C=O) groups excluding carboxylic acids is 1. The fraction of sp³-hybridized carbons (Fsp3) is 0.105. The third-order valence-electron chi connectivity index (χ3n) is 3.74. The molecule has 4 heteroatoms. The molecule has 0 unspecified atom stereocenters. The maximum atomic E-state index is 13.2. The normalized spacial score (nSPS) is 10.5. The van der Waals surface area contributed by atoms with Gasteiger partial charge in [-0.15, -0.1) is 0 Å². The number of nitrogens with two attached hydrogens (primary N) is 1. The van der Waals surface area contributed by atoms with Crippen LogP contribution in [0.5, 0.6) is 0 Å². The molecule has 2 N–H and O–H groups in total. The number of amides is 1. The van der Waals surface area contributed by atoms with Crippen LogP contribution in [0, 0.1) is 13.8 Å². The summed E-state index contributed by atoms with van der Waals surface area (Å²) >= 11 is 0. The molecule has 116 valence electrons. The van der Waals surface area contributed by atoms with E-state index in [2.05, 4.69) is 0 Å². The fourth-order valence-electron chi connectivity index (χ4n) is 2.59. The lowest BCUT2D eigenvalue weighted by Crippen LogP contribution is -2.26. The van der Waals surface area contributed by atoms with Crippen molar-refractivity contribution in [1.29, 1.82) is 0 Å². The van der Waals surface area contributed by atoms with Gasteiger partial charge in [-0.1, -0.05) is 18.2 Å². The van der Waals surface area contributed by atoms with Gasteiger partial charge >= 0.3 is 0 Å². The summed E-state index contributed by atoms with van der Waals surface area (Å²) in [7, 11) is 0. The van der Waals surface area contributed by atoms with E-state index in [-0.39, 0.29) is 5.91 Å². The third kappa shape index (κ3) is 2.83. The monoisotopic (exact) mass is 306 g/mol. The van der Waals surface area contributed by atoms with Gasteiger partial charge in [0.05, 0.1) is 11.8 Å². The number of hydrogen-bond acceptors (Lipinski definition) is 3. The second-order valence-electron chi connectivity index (χ2n) is 5.42. The third-order valence-corrected chi connectivity index (χ3v) is 3.74. The second-order valence-corrected chi connectivity index (χ2v) is 5.42. The van der Waals surface area contributed by atoms with Crippen molar-refractivity contribution < 1.29 is 9.21 Å². The lowest BCUT2D eigenvalue weighted by molar-refractivity contribution is 0.0997. The molecule has 0 atom stereocenters. The van der Waals surface area contributed by atoms with Gasteiger partial charge in [0.1, 0.15) is 5.76 Å². The lowest BCUT2D eigenvalue weighted by atomic mass is 10.1. The van der Waals surface area contributed by atoms with Crippen LogP contribution in [0.25, 0.3) is 0 Å². The van der Waals surface area contributed by atoms with Gasteiger partial charge in [-0.3, -0.25) is 9.69 Å². The molecule has 0 bridgehead atoms. The Kier molecular flexibility index (Phi) is 3.89. The van der Waals surface area contributed by atoms with Crippen LogP contribution < -0.4 is 10.6 Å². The number of anilines is 3.